The van der Waals surface area contributed by atoms with Crippen molar-refractivity contribution < 1.29 is 0 Å². The van der Waals surface area contributed by atoms with Gasteiger partial charge in [-0.25, -0.2) is 0 Å². The molecule has 1 saturated carbocycles. The third kappa shape index (κ3) is 2.51. The molecule has 1 heteroatoms. The number of benzene rings is 2. The summed E-state index contributed by atoms with van der Waals surface area (Å²) >= 11 is 0. The first-order valence-corrected chi connectivity index (χ1v) is 7.73. The van der Waals surface area contributed by atoms with Crippen LogP contribution in [-0.2, 0) is 6.42 Å². The van der Waals surface area contributed by atoms with Crippen LogP contribution in [0.5, 0.6) is 0 Å². The van der Waals surface area contributed by atoms with Crippen LogP contribution < -0.4 is 5.73 Å². The summed E-state index contributed by atoms with van der Waals surface area (Å²) < 4.78 is 0. The molecule has 0 aliphatic heterocycles. The Kier molecular flexibility index (Phi) is 3.88. The molecule has 0 spiro atoms. The maximum absolute atomic E-state index is 6.52. The van der Waals surface area contributed by atoms with E-state index in [4.69, 9.17) is 5.73 Å². The van der Waals surface area contributed by atoms with Gasteiger partial charge < -0.3 is 5.73 Å². The van der Waals surface area contributed by atoms with Gasteiger partial charge in [0.05, 0.1) is 6.04 Å². The van der Waals surface area contributed by atoms with Crippen molar-refractivity contribution in [1.29, 1.82) is 0 Å². The van der Waals surface area contributed by atoms with Crippen LogP contribution in [-0.4, -0.2) is 0 Å². The minimum Gasteiger partial charge on any atom is -0.320 e. The molecule has 104 valence electrons. The number of nitrogens with two attached hydrogens (primary N) is 1. The minimum atomic E-state index is -0.00817. The summed E-state index contributed by atoms with van der Waals surface area (Å²) in [5.41, 5.74) is 11.9. The maximum Gasteiger partial charge on any atom is 0.0554 e. The van der Waals surface area contributed by atoms with Crippen LogP contribution in [0.2, 0.25) is 0 Å². The van der Waals surface area contributed by atoms with Gasteiger partial charge in [-0.05, 0) is 47.4 Å². The molecule has 0 bridgehead atoms. The molecular formula is C19H23N. The van der Waals surface area contributed by atoms with Crippen molar-refractivity contribution in [1.82, 2.24) is 0 Å². The first-order valence-electron chi connectivity index (χ1n) is 7.73. The van der Waals surface area contributed by atoms with Crippen LogP contribution in [0.3, 0.4) is 0 Å². The van der Waals surface area contributed by atoms with E-state index < -0.39 is 0 Å². The van der Waals surface area contributed by atoms with Gasteiger partial charge in [-0.1, -0.05) is 61.9 Å². The van der Waals surface area contributed by atoms with E-state index in [1.54, 1.807) is 0 Å². The summed E-state index contributed by atoms with van der Waals surface area (Å²) in [5.74, 6) is 0.767. The van der Waals surface area contributed by atoms with Crippen LogP contribution in [0.25, 0.3) is 0 Å². The Morgan fingerprint density at radius 2 is 1.90 bits per heavy atom. The van der Waals surface area contributed by atoms with Crippen molar-refractivity contribution in [3.8, 4) is 0 Å². The van der Waals surface area contributed by atoms with Crippen LogP contribution in [0, 0.1) is 0 Å². The zero-order chi connectivity index (χ0) is 13.9. The van der Waals surface area contributed by atoms with E-state index in [1.165, 1.54) is 41.5 Å². The number of hydrogen-bond acceptors (Lipinski definition) is 1. The highest BCUT2D eigenvalue weighted by Gasteiger charge is 2.20. The van der Waals surface area contributed by atoms with Crippen LogP contribution in [0.15, 0.2) is 48.5 Å². The van der Waals surface area contributed by atoms with Gasteiger partial charge in [-0.3, -0.25) is 0 Å². The molecule has 1 aliphatic rings. The zero-order valence-corrected chi connectivity index (χ0v) is 12.2. The van der Waals surface area contributed by atoms with Crippen molar-refractivity contribution >= 4 is 0 Å². The highest BCUT2D eigenvalue weighted by atomic mass is 14.6. The fraction of sp³-hybridized carbons (Fsp3) is 0.368. The largest absolute Gasteiger partial charge is 0.320 e. The average molecular weight is 265 g/mol. The van der Waals surface area contributed by atoms with E-state index in [0.29, 0.717) is 0 Å². The van der Waals surface area contributed by atoms with Crippen LogP contribution >= 0.6 is 0 Å². The van der Waals surface area contributed by atoms with Crippen LogP contribution in [0.1, 0.15) is 60.4 Å². The fourth-order valence-corrected chi connectivity index (χ4v) is 3.09. The Morgan fingerprint density at radius 3 is 2.60 bits per heavy atom. The molecule has 0 heterocycles. The molecule has 0 radical (unpaired) electrons. The Balaban J connectivity index is 1.91. The monoisotopic (exact) mass is 265 g/mol. The Morgan fingerprint density at radius 1 is 1.10 bits per heavy atom. The molecule has 20 heavy (non-hydrogen) atoms. The molecule has 1 aliphatic carbocycles. The number of hydrogen-bond donors (Lipinski definition) is 1. The molecule has 2 aromatic rings. The van der Waals surface area contributed by atoms with Crippen molar-refractivity contribution in [2.75, 3.05) is 0 Å². The highest BCUT2D eigenvalue weighted by Crippen LogP contribution is 2.37. The molecule has 0 amide bonds. The standard InChI is InChI=1S/C19H23N/c1-2-14-7-3-4-12-18(14)19(20)17-11-6-10-16(13-17)15-8-5-9-15/h3-4,6-7,10-13,15,19H,2,5,8-9,20H2,1H3. The Labute approximate surface area is 121 Å². The SMILES string of the molecule is CCc1ccccc1C(N)c1cccc(C2CCC2)c1. The lowest BCUT2D eigenvalue weighted by atomic mass is 9.79. The van der Waals surface area contributed by atoms with Gasteiger partial charge in [0.15, 0.2) is 0 Å². The molecule has 1 unspecified atom stereocenters. The van der Waals surface area contributed by atoms with E-state index in [0.717, 1.165) is 12.3 Å². The lowest BCUT2D eigenvalue weighted by molar-refractivity contribution is 0.419. The summed E-state index contributed by atoms with van der Waals surface area (Å²) in [6.45, 7) is 2.19. The predicted molar refractivity (Wildman–Crippen MR) is 84.9 cm³/mol. The van der Waals surface area contributed by atoms with Gasteiger partial charge in [0.1, 0.15) is 0 Å². The van der Waals surface area contributed by atoms with Gasteiger partial charge in [0, 0.05) is 0 Å². The lowest BCUT2D eigenvalue weighted by Crippen LogP contribution is -2.15. The van der Waals surface area contributed by atoms with E-state index in [9.17, 15) is 0 Å². The predicted octanol–water partition coefficient (Wildman–Crippen LogP) is 4.56. The van der Waals surface area contributed by atoms with E-state index in [-0.39, 0.29) is 6.04 Å². The Hall–Kier alpha value is -1.60. The molecule has 0 aromatic heterocycles. The lowest BCUT2D eigenvalue weighted by Gasteiger charge is -2.27. The van der Waals surface area contributed by atoms with Crippen molar-refractivity contribution in [2.45, 2.75) is 44.6 Å². The second kappa shape index (κ2) is 5.80. The molecule has 1 nitrogen and oxygen atoms in total. The van der Waals surface area contributed by atoms with Gasteiger partial charge >= 0.3 is 0 Å². The van der Waals surface area contributed by atoms with Crippen molar-refractivity contribution in [3.05, 3.63) is 70.8 Å². The van der Waals surface area contributed by atoms with Gasteiger partial charge in [-0.15, -0.1) is 0 Å². The molecule has 3 rings (SSSR count). The first-order chi connectivity index (χ1) is 9.79. The molecule has 2 N–H and O–H groups in total. The quantitative estimate of drug-likeness (QED) is 0.861. The second-order valence-electron chi connectivity index (χ2n) is 5.83. The summed E-state index contributed by atoms with van der Waals surface area (Å²) in [5, 5.41) is 0. The fourth-order valence-electron chi connectivity index (χ4n) is 3.09. The molecule has 0 saturated heterocycles. The average Bonchev–Trinajstić information content (AvgIpc) is 2.45. The topological polar surface area (TPSA) is 26.0 Å². The van der Waals surface area contributed by atoms with E-state index >= 15 is 0 Å². The molecular weight excluding hydrogens is 242 g/mol. The maximum atomic E-state index is 6.52. The molecule has 1 fully saturated rings. The second-order valence-corrected chi connectivity index (χ2v) is 5.83. The van der Waals surface area contributed by atoms with Crippen molar-refractivity contribution in [3.63, 3.8) is 0 Å². The van der Waals surface area contributed by atoms with E-state index in [2.05, 4.69) is 55.5 Å². The normalized spacial score (nSPS) is 16.7. The summed E-state index contributed by atoms with van der Waals surface area (Å²) in [4.78, 5) is 0. The Bertz CT molecular complexity index is 584. The first kappa shape index (κ1) is 13.4. The highest BCUT2D eigenvalue weighted by molar-refractivity contribution is 5.39. The smallest absolute Gasteiger partial charge is 0.0554 e. The van der Waals surface area contributed by atoms with Crippen LogP contribution in [0.4, 0.5) is 0 Å². The van der Waals surface area contributed by atoms with E-state index in [1.807, 2.05) is 0 Å². The van der Waals surface area contributed by atoms with Gasteiger partial charge in [0.25, 0.3) is 0 Å². The zero-order valence-electron chi connectivity index (χ0n) is 12.2. The summed E-state index contributed by atoms with van der Waals surface area (Å²) in [6.07, 6.45) is 5.08. The van der Waals surface area contributed by atoms with Gasteiger partial charge in [-0.2, -0.15) is 0 Å². The molecule has 2 aromatic carbocycles. The number of rotatable bonds is 4. The van der Waals surface area contributed by atoms with Gasteiger partial charge in [0.2, 0.25) is 0 Å². The third-order valence-corrected chi connectivity index (χ3v) is 4.62. The minimum absolute atomic E-state index is 0.00817. The van der Waals surface area contributed by atoms with Crippen molar-refractivity contribution in [2.24, 2.45) is 5.73 Å². The molecule has 1 atom stereocenters. The third-order valence-electron chi connectivity index (χ3n) is 4.62. The summed E-state index contributed by atoms with van der Waals surface area (Å²) in [7, 11) is 0. The summed E-state index contributed by atoms with van der Waals surface area (Å²) in [6, 6.07) is 17.4. The number of aryl methyl sites for hydroxylation is 1.